The van der Waals surface area contributed by atoms with Gasteiger partial charge in [-0.3, -0.25) is 14.9 Å². The van der Waals surface area contributed by atoms with Crippen LogP contribution in [0.3, 0.4) is 0 Å². The Balaban J connectivity index is 1.59. The van der Waals surface area contributed by atoms with E-state index in [-0.39, 0.29) is 27.5 Å². The molecule has 0 radical (unpaired) electrons. The molecular weight excluding hydrogens is 483 g/mol. The van der Waals surface area contributed by atoms with Crippen LogP contribution in [-0.4, -0.2) is 30.0 Å². The number of anilines is 2. The first-order valence-electron chi connectivity index (χ1n) is 9.96. The number of nitrogens with one attached hydrogen (secondary N) is 3. The molecule has 0 unspecified atom stereocenters. The molecule has 0 bridgehead atoms. The molecule has 0 aliphatic carbocycles. The van der Waals surface area contributed by atoms with E-state index in [2.05, 4.69) is 20.7 Å². The molecule has 35 heavy (non-hydrogen) atoms. The second-order valence-electron chi connectivity index (χ2n) is 7.09. The van der Waals surface area contributed by atoms with E-state index in [1.54, 1.807) is 0 Å². The van der Waals surface area contributed by atoms with Crippen molar-refractivity contribution in [2.75, 3.05) is 17.7 Å². The molecule has 0 heterocycles. The number of carbonyl (C=O) groups excluding carboxylic acids is 3. The van der Waals surface area contributed by atoms with Crippen LogP contribution in [0, 0.1) is 0 Å². The van der Waals surface area contributed by atoms with E-state index in [4.69, 9.17) is 12.2 Å². The zero-order valence-corrected chi connectivity index (χ0v) is 18.9. The fourth-order valence-corrected chi connectivity index (χ4v) is 3.13. The number of benzene rings is 3. The third-order valence-electron chi connectivity index (χ3n) is 4.63. The number of ether oxygens (including phenoxy) is 1. The molecule has 3 aromatic carbocycles. The topological polar surface area (TPSA) is 96.5 Å². The number of esters is 1. The van der Waals surface area contributed by atoms with E-state index in [1.165, 1.54) is 67.8 Å². The Hall–Kier alpha value is -4.25. The fraction of sp³-hybridized carbons (Fsp3) is 0.0833. The fourth-order valence-electron chi connectivity index (χ4n) is 2.92. The molecule has 3 rings (SSSR count). The Bertz CT molecular complexity index is 1280. The summed E-state index contributed by atoms with van der Waals surface area (Å²) in [6, 6.07) is 16.1. The highest BCUT2D eigenvalue weighted by atomic mass is 32.1. The molecule has 2 amide bonds. The number of hydrogen-bond acceptors (Lipinski definition) is 5. The predicted octanol–water partition coefficient (Wildman–Crippen LogP) is 4.87. The number of methoxy groups -OCH3 is 1. The summed E-state index contributed by atoms with van der Waals surface area (Å²) in [7, 11) is 1.23. The summed E-state index contributed by atoms with van der Waals surface area (Å²) in [5, 5.41) is 7.65. The van der Waals surface area contributed by atoms with Crippen LogP contribution in [0.15, 0.2) is 72.8 Å². The van der Waals surface area contributed by atoms with Gasteiger partial charge in [0.1, 0.15) is 0 Å². The quantitative estimate of drug-likeness (QED) is 0.341. The van der Waals surface area contributed by atoms with Crippen LogP contribution in [0.5, 0.6) is 0 Å². The van der Waals surface area contributed by atoms with Gasteiger partial charge in [-0.05, 0) is 72.9 Å². The molecule has 7 nitrogen and oxygen atoms in total. The van der Waals surface area contributed by atoms with Gasteiger partial charge in [-0.15, -0.1) is 0 Å². The van der Waals surface area contributed by atoms with Crippen LogP contribution in [0.4, 0.5) is 24.5 Å². The molecule has 0 atom stereocenters. The standard InChI is InChI=1S/C24H18F3N3O4S/c1-34-22(33)16-5-2-4-15(12-16)21(32)30-23(35)29-18-10-8-14(9-11-18)20(31)28-19-7-3-6-17(13-19)24(25,26)27/h2-13H,1H3,(H,28,31)(H2,29,30,32,35). The highest BCUT2D eigenvalue weighted by Gasteiger charge is 2.30. The lowest BCUT2D eigenvalue weighted by Gasteiger charge is -2.11. The molecular formula is C24H18F3N3O4S. The molecule has 0 spiro atoms. The normalized spacial score (nSPS) is 10.7. The SMILES string of the molecule is COC(=O)c1cccc(C(=O)NC(=S)Nc2ccc(C(=O)Nc3cccc(C(F)(F)F)c3)cc2)c1. The summed E-state index contributed by atoms with van der Waals surface area (Å²) in [6.07, 6.45) is -4.52. The number of alkyl halides is 3. The van der Waals surface area contributed by atoms with Gasteiger partial charge in [-0.1, -0.05) is 12.1 Å². The highest BCUT2D eigenvalue weighted by molar-refractivity contribution is 7.80. The minimum Gasteiger partial charge on any atom is -0.465 e. The lowest BCUT2D eigenvalue weighted by Crippen LogP contribution is -2.34. The number of hydrogen-bond donors (Lipinski definition) is 3. The van der Waals surface area contributed by atoms with Crippen molar-refractivity contribution < 1.29 is 32.3 Å². The zero-order valence-electron chi connectivity index (χ0n) is 18.1. The van der Waals surface area contributed by atoms with Crippen molar-refractivity contribution in [3.63, 3.8) is 0 Å². The largest absolute Gasteiger partial charge is 0.465 e. The molecule has 0 aliphatic rings. The molecule has 0 saturated carbocycles. The van der Waals surface area contributed by atoms with E-state index < -0.39 is 29.5 Å². The summed E-state index contributed by atoms with van der Waals surface area (Å²) < 4.78 is 43.2. The Morgan fingerprint density at radius 3 is 2.09 bits per heavy atom. The number of rotatable bonds is 5. The van der Waals surface area contributed by atoms with Crippen LogP contribution >= 0.6 is 12.2 Å². The average molecular weight is 501 g/mol. The van der Waals surface area contributed by atoms with E-state index >= 15 is 0 Å². The molecule has 0 saturated heterocycles. The van der Waals surface area contributed by atoms with Crippen molar-refractivity contribution in [3.8, 4) is 0 Å². The number of thiocarbonyl (C=S) groups is 1. The van der Waals surface area contributed by atoms with Crippen molar-refractivity contribution in [2.24, 2.45) is 0 Å². The van der Waals surface area contributed by atoms with Crippen molar-refractivity contribution in [1.82, 2.24) is 5.32 Å². The Morgan fingerprint density at radius 1 is 0.771 bits per heavy atom. The van der Waals surface area contributed by atoms with Gasteiger partial charge in [0.2, 0.25) is 0 Å². The van der Waals surface area contributed by atoms with Gasteiger partial charge in [-0.2, -0.15) is 13.2 Å². The number of carbonyl (C=O) groups is 3. The van der Waals surface area contributed by atoms with Gasteiger partial charge in [-0.25, -0.2) is 4.79 Å². The van der Waals surface area contributed by atoms with E-state index in [0.29, 0.717) is 5.69 Å². The second-order valence-corrected chi connectivity index (χ2v) is 7.50. The first-order valence-corrected chi connectivity index (χ1v) is 10.4. The summed E-state index contributed by atoms with van der Waals surface area (Å²) in [5.41, 5.74) is 0.183. The van der Waals surface area contributed by atoms with E-state index in [9.17, 15) is 27.6 Å². The van der Waals surface area contributed by atoms with Gasteiger partial charge in [0.25, 0.3) is 11.8 Å². The Kier molecular flexibility index (Phi) is 7.82. The number of amides is 2. The van der Waals surface area contributed by atoms with E-state index in [1.807, 2.05) is 0 Å². The van der Waals surface area contributed by atoms with Crippen molar-refractivity contribution >= 4 is 46.5 Å². The van der Waals surface area contributed by atoms with Gasteiger partial charge < -0.3 is 15.4 Å². The predicted molar refractivity (Wildman–Crippen MR) is 127 cm³/mol. The minimum absolute atomic E-state index is 0.00665. The first kappa shape index (κ1) is 25.4. The van der Waals surface area contributed by atoms with Crippen LogP contribution < -0.4 is 16.0 Å². The molecule has 0 aromatic heterocycles. The van der Waals surface area contributed by atoms with Crippen LogP contribution in [0.25, 0.3) is 0 Å². The minimum atomic E-state index is -4.52. The molecule has 3 aromatic rings. The maximum Gasteiger partial charge on any atom is 0.416 e. The summed E-state index contributed by atoms with van der Waals surface area (Å²) >= 11 is 5.13. The molecule has 0 fully saturated rings. The second kappa shape index (κ2) is 10.8. The van der Waals surface area contributed by atoms with Crippen molar-refractivity contribution in [1.29, 1.82) is 0 Å². The summed E-state index contributed by atoms with van der Waals surface area (Å²) in [4.78, 5) is 36.4. The van der Waals surface area contributed by atoms with Crippen LogP contribution in [0.2, 0.25) is 0 Å². The summed E-state index contributed by atoms with van der Waals surface area (Å²) in [6.45, 7) is 0. The molecule has 3 N–H and O–H groups in total. The number of halogens is 3. The Morgan fingerprint density at radius 2 is 1.43 bits per heavy atom. The van der Waals surface area contributed by atoms with Gasteiger partial charge in [0.05, 0.1) is 18.2 Å². The van der Waals surface area contributed by atoms with Gasteiger partial charge in [0, 0.05) is 22.5 Å². The third kappa shape index (κ3) is 6.87. The monoisotopic (exact) mass is 501 g/mol. The lowest BCUT2D eigenvalue weighted by molar-refractivity contribution is -0.137. The van der Waals surface area contributed by atoms with Crippen LogP contribution in [0.1, 0.15) is 36.6 Å². The zero-order chi connectivity index (χ0) is 25.6. The Labute approximate surface area is 203 Å². The van der Waals surface area contributed by atoms with Crippen LogP contribution in [-0.2, 0) is 10.9 Å². The van der Waals surface area contributed by atoms with Crippen molar-refractivity contribution in [2.45, 2.75) is 6.18 Å². The smallest absolute Gasteiger partial charge is 0.416 e. The van der Waals surface area contributed by atoms with Gasteiger partial charge in [0.15, 0.2) is 5.11 Å². The third-order valence-corrected chi connectivity index (χ3v) is 4.83. The van der Waals surface area contributed by atoms with Crippen molar-refractivity contribution in [3.05, 3.63) is 95.1 Å². The maximum absolute atomic E-state index is 12.8. The molecule has 0 aliphatic heterocycles. The maximum atomic E-state index is 12.8. The first-order chi connectivity index (χ1) is 16.6. The average Bonchev–Trinajstić information content (AvgIpc) is 2.83. The molecule has 11 heteroatoms. The summed E-state index contributed by atoms with van der Waals surface area (Å²) in [5.74, 6) is -1.74. The van der Waals surface area contributed by atoms with E-state index in [0.717, 1.165) is 12.1 Å². The van der Waals surface area contributed by atoms with Gasteiger partial charge >= 0.3 is 12.1 Å². The highest BCUT2D eigenvalue weighted by Crippen LogP contribution is 2.30. The molecule has 180 valence electrons. The lowest BCUT2D eigenvalue weighted by atomic mass is 10.1.